The average Bonchev–Trinajstić information content (AvgIpc) is 3.23. The van der Waals surface area contributed by atoms with Gasteiger partial charge in [-0.3, -0.25) is 9.59 Å². The van der Waals surface area contributed by atoms with Gasteiger partial charge in [0.1, 0.15) is 5.00 Å². The molecule has 1 saturated carbocycles. The zero-order valence-electron chi connectivity index (χ0n) is 15.7. The number of nitrogens with one attached hydrogen (secondary N) is 2. The Morgan fingerprint density at radius 2 is 1.70 bits per heavy atom. The Balaban J connectivity index is 2.29. The minimum atomic E-state index is -1.06. The molecule has 9 heteroatoms. The van der Waals surface area contributed by atoms with Crippen LogP contribution in [0.3, 0.4) is 0 Å². The fraction of sp³-hybridized carbons (Fsp3) is 0.556. The van der Waals surface area contributed by atoms with Crippen molar-refractivity contribution in [3.63, 3.8) is 0 Å². The monoisotopic (exact) mass is 396 g/mol. The van der Waals surface area contributed by atoms with E-state index in [0.29, 0.717) is 10.4 Å². The van der Waals surface area contributed by atoms with Gasteiger partial charge in [-0.15, -0.1) is 11.3 Å². The maximum absolute atomic E-state index is 12.6. The molecular weight excluding hydrogens is 372 g/mol. The van der Waals surface area contributed by atoms with E-state index in [4.69, 9.17) is 4.74 Å². The van der Waals surface area contributed by atoms with E-state index in [0.717, 1.165) is 37.0 Å². The minimum Gasteiger partial charge on any atom is -0.462 e. The van der Waals surface area contributed by atoms with Gasteiger partial charge >= 0.3 is 17.8 Å². The van der Waals surface area contributed by atoms with Crippen molar-refractivity contribution < 1.29 is 28.7 Å². The van der Waals surface area contributed by atoms with E-state index in [1.54, 1.807) is 20.8 Å². The lowest BCUT2D eigenvalue weighted by Gasteiger charge is -2.11. The average molecular weight is 396 g/mol. The molecular formula is C18H24N2O6S. The van der Waals surface area contributed by atoms with Gasteiger partial charge in [0.25, 0.3) is 5.91 Å². The van der Waals surface area contributed by atoms with Crippen LogP contribution in [0.15, 0.2) is 0 Å². The van der Waals surface area contributed by atoms with E-state index in [1.165, 1.54) is 0 Å². The molecule has 8 nitrogen and oxygen atoms in total. The van der Waals surface area contributed by atoms with Crippen molar-refractivity contribution in [1.29, 1.82) is 0 Å². The smallest absolute Gasteiger partial charge is 0.397 e. The molecule has 2 amide bonds. The second-order valence-electron chi connectivity index (χ2n) is 6.11. The Morgan fingerprint density at radius 1 is 1.07 bits per heavy atom. The molecule has 1 aliphatic carbocycles. The summed E-state index contributed by atoms with van der Waals surface area (Å²) in [6, 6.07) is 0.114. The van der Waals surface area contributed by atoms with Gasteiger partial charge in [-0.05, 0) is 39.2 Å². The van der Waals surface area contributed by atoms with Crippen LogP contribution in [0.2, 0.25) is 0 Å². The first-order chi connectivity index (χ1) is 12.9. The molecule has 27 heavy (non-hydrogen) atoms. The number of amides is 2. The zero-order chi connectivity index (χ0) is 20.0. The van der Waals surface area contributed by atoms with Gasteiger partial charge in [0.15, 0.2) is 0 Å². The summed E-state index contributed by atoms with van der Waals surface area (Å²) in [7, 11) is 0. The first kappa shape index (κ1) is 20.9. The second kappa shape index (κ2) is 9.50. The number of carbonyl (C=O) groups excluding carboxylic acids is 4. The lowest BCUT2D eigenvalue weighted by molar-refractivity contribution is -0.152. The van der Waals surface area contributed by atoms with Crippen LogP contribution in [-0.4, -0.2) is 43.0 Å². The Morgan fingerprint density at radius 3 is 2.30 bits per heavy atom. The van der Waals surface area contributed by atoms with Gasteiger partial charge in [-0.2, -0.15) is 0 Å². The molecule has 2 rings (SSSR count). The van der Waals surface area contributed by atoms with E-state index in [9.17, 15) is 19.2 Å². The first-order valence-electron chi connectivity index (χ1n) is 8.98. The first-order valence-corrected chi connectivity index (χ1v) is 9.80. The molecule has 0 aromatic carbocycles. The molecule has 0 spiro atoms. The van der Waals surface area contributed by atoms with Gasteiger partial charge in [0, 0.05) is 6.04 Å². The van der Waals surface area contributed by atoms with Crippen LogP contribution < -0.4 is 10.6 Å². The molecule has 0 saturated heterocycles. The van der Waals surface area contributed by atoms with Crippen LogP contribution in [-0.2, 0) is 19.1 Å². The topological polar surface area (TPSA) is 111 Å². The lowest BCUT2D eigenvalue weighted by Crippen LogP contribution is -2.32. The predicted molar refractivity (Wildman–Crippen MR) is 100.0 cm³/mol. The van der Waals surface area contributed by atoms with E-state index in [2.05, 4.69) is 15.4 Å². The standard InChI is InChI=1S/C18H24N2O6S/c1-4-25-17(23)12-10(3)13(14(21)19-11-8-6-7-9-11)27-16(12)20-15(22)18(24)26-5-2/h11H,4-9H2,1-3H3,(H,19,21)(H,20,22). The van der Waals surface area contributed by atoms with Crippen molar-refractivity contribution in [2.24, 2.45) is 0 Å². The van der Waals surface area contributed by atoms with Gasteiger partial charge < -0.3 is 20.1 Å². The van der Waals surface area contributed by atoms with Crippen molar-refractivity contribution in [1.82, 2.24) is 5.32 Å². The molecule has 1 fully saturated rings. The van der Waals surface area contributed by atoms with Crippen molar-refractivity contribution in [2.45, 2.75) is 52.5 Å². The van der Waals surface area contributed by atoms with E-state index < -0.39 is 17.8 Å². The number of hydrogen-bond acceptors (Lipinski definition) is 7. The van der Waals surface area contributed by atoms with Gasteiger partial charge in [-0.1, -0.05) is 12.8 Å². The molecule has 1 aromatic heterocycles. The highest BCUT2D eigenvalue weighted by Crippen LogP contribution is 2.34. The summed E-state index contributed by atoms with van der Waals surface area (Å²) in [6.45, 7) is 5.05. The summed E-state index contributed by atoms with van der Waals surface area (Å²) >= 11 is 0.943. The molecule has 0 unspecified atom stereocenters. The summed E-state index contributed by atoms with van der Waals surface area (Å²) in [4.78, 5) is 48.8. The van der Waals surface area contributed by atoms with Gasteiger partial charge in [0.2, 0.25) is 0 Å². The number of anilines is 1. The van der Waals surface area contributed by atoms with E-state index in [1.807, 2.05) is 0 Å². The lowest BCUT2D eigenvalue weighted by atomic mass is 10.1. The Bertz CT molecular complexity index is 736. The van der Waals surface area contributed by atoms with Gasteiger partial charge in [-0.25, -0.2) is 9.59 Å². The summed E-state index contributed by atoms with van der Waals surface area (Å²) in [6.07, 6.45) is 3.99. The summed E-state index contributed by atoms with van der Waals surface area (Å²) < 4.78 is 9.69. The van der Waals surface area contributed by atoms with Crippen LogP contribution in [0.25, 0.3) is 0 Å². The SMILES string of the molecule is CCOC(=O)C(=O)Nc1sc(C(=O)NC2CCCC2)c(C)c1C(=O)OCC. The fourth-order valence-electron chi connectivity index (χ4n) is 2.94. The summed E-state index contributed by atoms with van der Waals surface area (Å²) in [5.41, 5.74) is 0.490. The number of thiophene rings is 1. The number of carbonyl (C=O) groups is 4. The van der Waals surface area contributed by atoms with Crippen LogP contribution in [0, 0.1) is 6.92 Å². The normalized spacial score (nSPS) is 13.9. The van der Waals surface area contributed by atoms with Crippen LogP contribution in [0.1, 0.15) is 65.1 Å². The molecule has 1 heterocycles. The highest BCUT2D eigenvalue weighted by atomic mass is 32.1. The Kier molecular flexibility index (Phi) is 7.35. The van der Waals surface area contributed by atoms with Crippen molar-refractivity contribution in [3.05, 3.63) is 16.0 Å². The maximum Gasteiger partial charge on any atom is 0.397 e. The highest BCUT2D eigenvalue weighted by Gasteiger charge is 2.29. The van der Waals surface area contributed by atoms with E-state index >= 15 is 0 Å². The second-order valence-corrected chi connectivity index (χ2v) is 7.13. The summed E-state index contributed by atoms with van der Waals surface area (Å²) in [5, 5.41) is 5.43. The Hall–Kier alpha value is -2.42. The van der Waals surface area contributed by atoms with Crippen LogP contribution >= 0.6 is 11.3 Å². The number of hydrogen-bond donors (Lipinski definition) is 2. The fourth-order valence-corrected chi connectivity index (χ4v) is 4.03. The molecule has 1 aliphatic rings. The quantitative estimate of drug-likeness (QED) is 0.564. The molecule has 148 valence electrons. The number of ether oxygens (including phenoxy) is 2. The third kappa shape index (κ3) is 5.06. The van der Waals surface area contributed by atoms with Crippen molar-refractivity contribution in [2.75, 3.05) is 18.5 Å². The highest BCUT2D eigenvalue weighted by molar-refractivity contribution is 7.18. The zero-order valence-corrected chi connectivity index (χ0v) is 16.5. The van der Waals surface area contributed by atoms with Crippen molar-refractivity contribution >= 4 is 40.1 Å². The molecule has 1 aromatic rings. The van der Waals surface area contributed by atoms with Crippen LogP contribution in [0.5, 0.6) is 0 Å². The molecule has 0 bridgehead atoms. The number of esters is 2. The van der Waals surface area contributed by atoms with E-state index in [-0.39, 0.29) is 35.7 Å². The largest absolute Gasteiger partial charge is 0.462 e. The summed E-state index contributed by atoms with van der Waals surface area (Å²) in [5.74, 6) is -3.03. The molecule has 0 radical (unpaired) electrons. The minimum absolute atomic E-state index is 0.0511. The maximum atomic E-state index is 12.6. The third-order valence-corrected chi connectivity index (χ3v) is 5.42. The van der Waals surface area contributed by atoms with Gasteiger partial charge in [0.05, 0.1) is 23.7 Å². The Labute approximate surface area is 161 Å². The third-order valence-electron chi connectivity index (χ3n) is 4.21. The molecule has 0 atom stereocenters. The van der Waals surface area contributed by atoms with Crippen molar-refractivity contribution in [3.8, 4) is 0 Å². The molecule has 0 aliphatic heterocycles. The predicted octanol–water partition coefficient (Wildman–Crippen LogP) is 2.41. The van der Waals surface area contributed by atoms with Crippen LogP contribution in [0.4, 0.5) is 5.00 Å². The number of rotatable bonds is 6. The molecule has 2 N–H and O–H groups in total.